The highest BCUT2D eigenvalue weighted by Crippen LogP contribution is 2.30. The molecule has 0 aliphatic rings. The molecule has 0 bridgehead atoms. The van der Waals surface area contributed by atoms with Crippen LogP contribution in [-0.2, 0) is 6.42 Å². The van der Waals surface area contributed by atoms with Crippen molar-refractivity contribution in [2.75, 3.05) is 0 Å². The zero-order valence-corrected chi connectivity index (χ0v) is 12.5. The molecule has 0 saturated heterocycles. The first-order valence-corrected chi connectivity index (χ1v) is 7.33. The van der Waals surface area contributed by atoms with Crippen LogP contribution in [0.5, 0.6) is 0 Å². The molecule has 2 rings (SSSR count). The van der Waals surface area contributed by atoms with Gasteiger partial charge >= 0.3 is 0 Å². The van der Waals surface area contributed by atoms with E-state index in [0.29, 0.717) is 0 Å². The molecule has 0 radical (unpaired) electrons. The lowest BCUT2D eigenvalue weighted by Gasteiger charge is -2.11. The van der Waals surface area contributed by atoms with E-state index in [9.17, 15) is 0 Å². The standard InChI is InChI=1S/C16H20N2S/c1-11-8-13(3)18-16(9-11)19-15-7-5-4-6-14(15)10-12(2)17/h4-9,12H,10,17H2,1-3H3. The van der Waals surface area contributed by atoms with Gasteiger partial charge in [0.05, 0.1) is 0 Å². The molecule has 1 heterocycles. The molecule has 0 fully saturated rings. The maximum atomic E-state index is 5.91. The first-order valence-electron chi connectivity index (χ1n) is 6.51. The number of aromatic nitrogens is 1. The normalized spacial score (nSPS) is 12.4. The molecule has 2 nitrogen and oxygen atoms in total. The van der Waals surface area contributed by atoms with Gasteiger partial charge in [-0.3, -0.25) is 0 Å². The van der Waals surface area contributed by atoms with E-state index >= 15 is 0 Å². The third kappa shape index (κ3) is 4.08. The summed E-state index contributed by atoms with van der Waals surface area (Å²) < 4.78 is 0. The molecule has 1 atom stereocenters. The Morgan fingerprint density at radius 3 is 2.63 bits per heavy atom. The predicted molar refractivity (Wildman–Crippen MR) is 81.6 cm³/mol. The van der Waals surface area contributed by atoms with E-state index in [2.05, 4.69) is 48.3 Å². The van der Waals surface area contributed by atoms with Gasteiger partial charge in [-0.2, -0.15) is 0 Å². The highest BCUT2D eigenvalue weighted by Gasteiger charge is 2.07. The second kappa shape index (κ2) is 6.22. The fourth-order valence-corrected chi connectivity index (χ4v) is 3.18. The molecule has 0 aliphatic heterocycles. The molecule has 0 aliphatic carbocycles. The van der Waals surface area contributed by atoms with Crippen LogP contribution in [0.15, 0.2) is 46.3 Å². The number of aryl methyl sites for hydroxylation is 2. The molecular formula is C16H20N2S. The van der Waals surface area contributed by atoms with Gasteiger partial charge in [0.2, 0.25) is 0 Å². The van der Waals surface area contributed by atoms with Crippen molar-refractivity contribution in [2.24, 2.45) is 5.73 Å². The van der Waals surface area contributed by atoms with E-state index in [0.717, 1.165) is 17.1 Å². The number of rotatable bonds is 4. The van der Waals surface area contributed by atoms with Crippen molar-refractivity contribution < 1.29 is 0 Å². The quantitative estimate of drug-likeness (QED) is 0.921. The molecule has 1 aromatic heterocycles. The van der Waals surface area contributed by atoms with Crippen LogP contribution < -0.4 is 5.73 Å². The topological polar surface area (TPSA) is 38.9 Å². The van der Waals surface area contributed by atoms with Crippen LogP contribution in [0.2, 0.25) is 0 Å². The minimum atomic E-state index is 0.175. The van der Waals surface area contributed by atoms with Gasteiger partial charge < -0.3 is 5.73 Å². The minimum absolute atomic E-state index is 0.175. The molecule has 100 valence electrons. The summed E-state index contributed by atoms with van der Waals surface area (Å²) in [6, 6.07) is 12.8. The maximum absolute atomic E-state index is 5.91. The summed E-state index contributed by atoms with van der Waals surface area (Å²) in [7, 11) is 0. The van der Waals surface area contributed by atoms with E-state index in [1.54, 1.807) is 11.8 Å². The van der Waals surface area contributed by atoms with Crippen molar-refractivity contribution in [3.05, 3.63) is 53.2 Å². The van der Waals surface area contributed by atoms with Crippen LogP contribution in [0.3, 0.4) is 0 Å². The second-order valence-electron chi connectivity index (χ2n) is 5.02. The Labute approximate surface area is 119 Å². The Morgan fingerprint density at radius 1 is 1.21 bits per heavy atom. The van der Waals surface area contributed by atoms with Crippen molar-refractivity contribution in [3.8, 4) is 0 Å². The van der Waals surface area contributed by atoms with E-state index in [1.165, 1.54) is 16.0 Å². The summed E-state index contributed by atoms with van der Waals surface area (Å²) in [5.74, 6) is 0. The number of benzene rings is 1. The number of pyridine rings is 1. The van der Waals surface area contributed by atoms with Gasteiger partial charge in [-0.1, -0.05) is 30.0 Å². The lowest BCUT2D eigenvalue weighted by Crippen LogP contribution is -2.18. The fourth-order valence-electron chi connectivity index (χ4n) is 2.09. The molecule has 0 amide bonds. The van der Waals surface area contributed by atoms with Gasteiger partial charge in [-0.05, 0) is 56.5 Å². The summed E-state index contributed by atoms with van der Waals surface area (Å²) >= 11 is 1.72. The minimum Gasteiger partial charge on any atom is -0.328 e. The van der Waals surface area contributed by atoms with Crippen LogP contribution in [-0.4, -0.2) is 11.0 Å². The number of hydrogen-bond acceptors (Lipinski definition) is 3. The predicted octanol–water partition coefficient (Wildman–Crippen LogP) is 3.74. The summed E-state index contributed by atoms with van der Waals surface area (Å²) in [5, 5.41) is 1.05. The van der Waals surface area contributed by atoms with Crippen LogP contribution in [0.25, 0.3) is 0 Å². The molecule has 3 heteroatoms. The van der Waals surface area contributed by atoms with Crippen LogP contribution >= 0.6 is 11.8 Å². The van der Waals surface area contributed by atoms with Crippen molar-refractivity contribution in [1.29, 1.82) is 0 Å². The third-order valence-corrected chi connectivity index (χ3v) is 3.84. The van der Waals surface area contributed by atoms with Crippen LogP contribution in [0, 0.1) is 13.8 Å². The van der Waals surface area contributed by atoms with Crippen LogP contribution in [0.1, 0.15) is 23.7 Å². The van der Waals surface area contributed by atoms with Gasteiger partial charge in [-0.15, -0.1) is 0 Å². The summed E-state index contributed by atoms with van der Waals surface area (Å²) in [5.41, 5.74) is 9.52. The Bertz CT molecular complexity index is 544. The lowest BCUT2D eigenvalue weighted by molar-refractivity contribution is 0.729. The van der Waals surface area contributed by atoms with Crippen molar-refractivity contribution >= 4 is 11.8 Å². The Balaban J connectivity index is 2.27. The molecule has 2 N–H and O–H groups in total. The van der Waals surface area contributed by atoms with E-state index in [4.69, 9.17) is 5.73 Å². The molecule has 1 aromatic carbocycles. The zero-order valence-electron chi connectivity index (χ0n) is 11.7. The fraction of sp³-hybridized carbons (Fsp3) is 0.312. The Hall–Kier alpha value is -1.32. The monoisotopic (exact) mass is 272 g/mol. The third-order valence-electron chi connectivity index (χ3n) is 2.80. The first-order chi connectivity index (χ1) is 9.04. The van der Waals surface area contributed by atoms with E-state index in [1.807, 2.05) is 13.8 Å². The Kier molecular flexibility index (Phi) is 4.61. The van der Waals surface area contributed by atoms with Crippen molar-refractivity contribution in [2.45, 2.75) is 43.2 Å². The molecular weight excluding hydrogens is 252 g/mol. The summed E-state index contributed by atoms with van der Waals surface area (Å²) in [4.78, 5) is 5.83. The molecule has 0 spiro atoms. The first kappa shape index (κ1) is 14.1. The zero-order chi connectivity index (χ0) is 13.8. The van der Waals surface area contributed by atoms with Crippen molar-refractivity contribution in [1.82, 2.24) is 4.98 Å². The number of nitrogens with two attached hydrogens (primary N) is 1. The summed E-state index contributed by atoms with van der Waals surface area (Å²) in [6.07, 6.45) is 0.897. The van der Waals surface area contributed by atoms with E-state index in [-0.39, 0.29) is 6.04 Å². The lowest BCUT2D eigenvalue weighted by atomic mass is 10.1. The van der Waals surface area contributed by atoms with E-state index < -0.39 is 0 Å². The average molecular weight is 272 g/mol. The largest absolute Gasteiger partial charge is 0.328 e. The molecule has 1 unspecified atom stereocenters. The van der Waals surface area contributed by atoms with Gasteiger partial charge in [-0.25, -0.2) is 4.98 Å². The Morgan fingerprint density at radius 2 is 1.95 bits per heavy atom. The number of nitrogens with zero attached hydrogens (tertiary/aromatic N) is 1. The molecule has 19 heavy (non-hydrogen) atoms. The van der Waals surface area contributed by atoms with Crippen molar-refractivity contribution in [3.63, 3.8) is 0 Å². The molecule has 2 aromatic rings. The summed E-state index contributed by atoms with van der Waals surface area (Å²) in [6.45, 7) is 6.17. The van der Waals surface area contributed by atoms with Gasteiger partial charge in [0.25, 0.3) is 0 Å². The molecule has 0 saturated carbocycles. The highest BCUT2D eigenvalue weighted by molar-refractivity contribution is 7.99. The van der Waals surface area contributed by atoms with Gasteiger partial charge in [0.1, 0.15) is 5.03 Å². The maximum Gasteiger partial charge on any atom is 0.101 e. The average Bonchev–Trinajstić information content (AvgIpc) is 2.29. The number of hydrogen-bond donors (Lipinski definition) is 1. The smallest absolute Gasteiger partial charge is 0.101 e. The highest BCUT2D eigenvalue weighted by atomic mass is 32.2. The second-order valence-corrected chi connectivity index (χ2v) is 6.08. The van der Waals surface area contributed by atoms with Gasteiger partial charge in [0, 0.05) is 16.6 Å². The SMILES string of the molecule is Cc1cc(C)nc(Sc2ccccc2CC(C)N)c1. The van der Waals surface area contributed by atoms with Crippen LogP contribution in [0.4, 0.5) is 0 Å². The van der Waals surface area contributed by atoms with Gasteiger partial charge in [0.15, 0.2) is 0 Å².